The summed E-state index contributed by atoms with van der Waals surface area (Å²) in [6.07, 6.45) is 3.34. The minimum Gasteiger partial charge on any atom is -0.289 e. The third kappa shape index (κ3) is 4.06. The van der Waals surface area contributed by atoms with Gasteiger partial charge in [-0.3, -0.25) is 14.9 Å². The Hall–Kier alpha value is -3.53. The van der Waals surface area contributed by atoms with E-state index in [9.17, 15) is 14.9 Å². The first-order valence-corrected chi connectivity index (χ1v) is 7.76. The van der Waals surface area contributed by atoms with Gasteiger partial charge in [0.2, 0.25) is 0 Å². The van der Waals surface area contributed by atoms with Crippen LogP contribution in [0.1, 0.15) is 15.9 Å². The number of carbonyl (C=O) groups is 1. The van der Waals surface area contributed by atoms with Crippen molar-refractivity contribution in [2.45, 2.75) is 0 Å². The smallest absolute Gasteiger partial charge is 0.269 e. The van der Waals surface area contributed by atoms with Crippen molar-refractivity contribution in [1.29, 1.82) is 0 Å². The van der Waals surface area contributed by atoms with Crippen LogP contribution in [-0.2, 0) is 0 Å². The molecule has 0 aliphatic heterocycles. The standard InChI is InChI=1S/C21H15NO3/c23-21(15-6-16-4-2-1-3-5-16)19-9-7-17(8-10-19)18-11-13-20(14-12-18)22(24)25/h1-15H/b15-6-. The molecule has 0 fully saturated rings. The molecule has 0 saturated carbocycles. The molecule has 0 aromatic heterocycles. The number of nitro benzene ring substituents is 1. The van der Waals surface area contributed by atoms with Crippen molar-refractivity contribution >= 4 is 17.5 Å². The Balaban J connectivity index is 1.74. The van der Waals surface area contributed by atoms with Gasteiger partial charge in [0, 0.05) is 17.7 Å². The highest BCUT2D eigenvalue weighted by Gasteiger charge is 2.06. The summed E-state index contributed by atoms with van der Waals surface area (Å²) < 4.78 is 0. The second-order valence-electron chi connectivity index (χ2n) is 5.49. The lowest BCUT2D eigenvalue weighted by Gasteiger charge is -2.03. The van der Waals surface area contributed by atoms with Crippen molar-refractivity contribution in [1.82, 2.24) is 0 Å². The van der Waals surface area contributed by atoms with Crippen LogP contribution in [0.5, 0.6) is 0 Å². The quantitative estimate of drug-likeness (QED) is 0.281. The Morgan fingerprint density at radius 1 is 0.800 bits per heavy atom. The van der Waals surface area contributed by atoms with E-state index in [4.69, 9.17) is 0 Å². The van der Waals surface area contributed by atoms with Crippen molar-refractivity contribution in [3.8, 4) is 11.1 Å². The predicted octanol–water partition coefficient (Wildman–Crippen LogP) is 5.16. The maximum atomic E-state index is 12.2. The number of rotatable bonds is 5. The molecule has 3 aromatic rings. The highest BCUT2D eigenvalue weighted by Crippen LogP contribution is 2.23. The summed E-state index contributed by atoms with van der Waals surface area (Å²) in [7, 11) is 0. The minimum atomic E-state index is -0.426. The summed E-state index contributed by atoms with van der Waals surface area (Å²) in [5, 5.41) is 10.7. The summed E-state index contributed by atoms with van der Waals surface area (Å²) in [6.45, 7) is 0. The third-order valence-electron chi connectivity index (χ3n) is 3.81. The molecule has 3 rings (SSSR count). The maximum absolute atomic E-state index is 12.2. The van der Waals surface area contributed by atoms with Gasteiger partial charge in [-0.05, 0) is 34.9 Å². The average Bonchev–Trinajstić information content (AvgIpc) is 2.67. The summed E-state index contributed by atoms with van der Waals surface area (Å²) in [6, 6.07) is 23.2. The zero-order valence-corrected chi connectivity index (χ0v) is 13.3. The third-order valence-corrected chi connectivity index (χ3v) is 3.81. The number of nitro groups is 1. The van der Waals surface area contributed by atoms with Crippen LogP contribution in [0.25, 0.3) is 17.2 Å². The van der Waals surface area contributed by atoms with Crippen LogP contribution < -0.4 is 0 Å². The number of ketones is 1. The molecule has 0 heterocycles. The number of hydrogen-bond acceptors (Lipinski definition) is 3. The topological polar surface area (TPSA) is 60.2 Å². The Bertz CT molecular complexity index is 912. The van der Waals surface area contributed by atoms with Crippen molar-refractivity contribution < 1.29 is 9.72 Å². The fourth-order valence-corrected chi connectivity index (χ4v) is 2.43. The van der Waals surface area contributed by atoms with Gasteiger partial charge in [-0.2, -0.15) is 0 Å². The highest BCUT2D eigenvalue weighted by molar-refractivity contribution is 6.07. The SMILES string of the molecule is O=C(/C=C\c1ccccc1)c1ccc(-c2ccc([N+](=O)[O-])cc2)cc1. The van der Waals surface area contributed by atoms with E-state index in [1.165, 1.54) is 12.1 Å². The van der Waals surface area contributed by atoms with Gasteiger partial charge in [0.1, 0.15) is 0 Å². The average molecular weight is 329 g/mol. The van der Waals surface area contributed by atoms with Gasteiger partial charge in [-0.15, -0.1) is 0 Å². The highest BCUT2D eigenvalue weighted by atomic mass is 16.6. The second-order valence-corrected chi connectivity index (χ2v) is 5.49. The maximum Gasteiger partial charge on any atom is 0.269 e. The summed E-state index contributed by atoms with van der Waals surface area (Å²) in [5.74, 6) is -0.0703. The lowest BCUT2D eigenvalue weighted by Crippen LogP contribution is -1.94. The number of allylic oxidation sites excluding steroid dienone is 1. The van der Waals surface area contributed by atoms with Gasteiger partial charge in [0.15, 0.2) is 5.78 Å². The van der Waals surface area contributed by atoms with E-state index in [0.717, 1.165) is 16.7 Å². The Kier molecular flexibility index (Phi) is 4.81. The number of nitrogens with zero attached hydrogens (tertiary/aromatic N) is 1. The molecule has 3 aromatic carbocycles. The fraction of sp³-hybridized carbons (Fsp3) is 0. The molecule has 4 nitrogen and oxygen atoms in total. The number of non-ortho nitro benzene ring substituents is 1. The van der Waals surface area contributed by atoms with E-state index in [-0.39, 0.29) is 11.5 Å². The molecule has 4 heteroatoms. The van der Waals surface area contributed by atoms with Crippen LogP contribution in [-0.4, -0.2) is 10.7 Å². The van der Waals surface area contributed by atoms with Gasteiger partial charge in [-0.1, -0.05) is 60.7 Å². The molecular weight excluding hydrogens is 314 g/mol. The van der Waals surface area contributed by atoms with Gasteiger partial charge in [0.25, 0.3) is 5.69 Å². The fourth-order valence-electron chi connectivity index (χ4n) is 2.43. The Labute approximate surface area is 145 Å². The van der Waals surface area contributed by atoms with Crippen LogP contribution in [0.4, 0.5) is 5.69 Å². The van der Waals surface area contributed by atoms with Crippen LogP contribution >= 0.6 is 0 Å². The van der Waals surface area contributed by atoms with Gasteiger partial charge in [-0.25, -0.2) is 0 Å². The van der Waals surface area contributed by atoms with E-state index < -0.39 is 4.92 Å². The minimum absolute atomic E-state index is 0.0570. The molecule has 0 bridgehead atoms. The molecule has 25 heavy (non-hydrogen) atoms. The first kappa shape index (κ1) is 16.3. The Morgan fingerprint density at radius 2 is 1.36 bits per heavy atom. The zero-order valence-electron chi connectivity index (χ0n) is 13.3. The number of hydrogen-bond donors (Lipinski definition) is 0. The monoisotopic (exact) mass is 329 g/mol. The summed E-state index contributed by atoms with van der Waals surface area (Å²) in [5.41, 5.74) is 3.39. The lowest BCUT2D eigenvalue weighted by molar-refractivity contribution is -0.384. The van der Waals surface area contributed by atoms with E-state index in [1.54, 1.807) is 36.4 Å². The van der Waals surface area contributed by atoms with E-state index >= 15 is 0 Å². The van der Waals surface area contributed by atoms with Crippen LogP contribution in [0.2, 0.25) is 0 Å². The lowest BCUT2D eigenvalue weighted by atomic mass is 10.0. The first-order chi connectivity index (χ1) is 12.1. The van der Waals surface area contributed by atoms with Gasteiger partial charge in [0.05, 0.1) is 4.92 Å². The molecule has 122 valence electrons. The molecule has 0 atom stereocenters. The largest absolute Gasteiger partial charge is 0.289 e. The zero-order chi connectivity index (χ0) is 17.6. The molecular formula is C21H15NO3. The van der Waals surface area contributed by atoms with E-state index in [1.807, 2.05) is 42.5 Å². The summed E-state index contributed by atoms with van der Waals surface area (Å²) >= 11 is 0. The van der Waals surface area contributed by atoms with Crippen molar-refractivity contribution in [3.63, 3.8) is 0 Å². The molecule has 0 radical (unpaired) electrons. The van der Waals surface area contributed by atoms with Crippen LogP contribution in [0, 0.1) is 10.1 Å². The van der Waals surface area contributed by atoms with Crippen molar-refractivity contribution in [3.05, 3.63) is 106 Å². The molecule has 0 saturated heterocycles. The van der Waals surface area contributed by atoms with Gasteiger partial charge >= 0.3 is 0 Å². The molecule has 0 spiro atoms. The molecule has 0 amide bonds. The second kappa shape index (κ2) is 7.36. The molecule has 0 unspecified atom stereocenters. The van der Waals surface area contributed by atoms with Crippen molar-refractivity contribution in [2.75, 3.05) is 0 Å². The predicted molar refractivity (Wildman–Crippen MR) is 98.3 cm³/mol. The normalized spacial score (nSPS) is 10.7. The van der Waals surface area contributed by atoms with E-state index in [2.05, 4.69) is 0 Å². The van der Waals surface area contributed by atoms with Crippen molar-refractivity contribution in [2.24, 2.45) is 0 Å². The Morgan fingerprint density at radius 3 is 1.92 bits per heavy atom. The van der Waals surface area contributed by atoms with Crippen LogP contribution in [0.15, 0.2) is 84.9 Å². The first-order valence-electron chi connectivity index (χ1n) is 7.76. The number of carbonyl (C=O) groups excluding carboxylic acids is 1. The van der Waals surface area contributed by atoms with Crippen LogP contribution in [0.3, 0.4) is 0 Å². The van der Waals surface area contributed by atoms with Gasteiger partial charge < -0.3 is 0 Å². The molecule has 0 N–H and O–H groups in total. The number of benzene rings is 3. The van der Waals surface area contributed by atoms with E-state index in [0.29, 0.717) is 5.56 Å². The molecule has 0 aliphatic rings. The summed E-state index contributed by atoms with van der Waals surface area (Å²) in [4.78, 5) is 22.5. The molecule has 0 aliphatic carbocycles.